The summed E-state index contributed by atoms with van der Waals surface area (Å²) in [6.45, 7) is 0.117. The van der Waals surface area contributed by atoms with Gasteiger partial charge < -0.3 is 16.6 Å². The third kappa shape index (κ3) is 2.07. The molecule has 1 aromatic rings. The molecule has 14 heavy (non-hydrogen) atoms. The molecule has 0 amide bonds. The van der Waals surface area contributed by atoms with Crippen LogP contribution in [0.4, 0.5) is 4.39 Å². The van der Waals surface area contributed by atoms with Crippen LogP contribution in [0.3, 0.4) is 0 Å². The molecular formula is C9H11FN2O2. The summed E-state index contributed by atoms with van der Waals surface area (Å²) in [6, 6.07) is 2.86. The second-order valence-corrected chi connectivity index (χ2v) is 2.88. The Morgan fingerprint density at radius 3 is 2.71 bits per heavy atom. The Hall–Kier alpha value is -1.46. The minimum atomic E-state index is -1.21. The first kappa shape index (κ1) is 10.6. The molecule has 76 valence electrons. The van der Waals surface area contributed by atoms with Gasteiger partial charge in [0.05, 0.1) is 5.56 Å². The number of aromatic carboxylic acids is 1. The van der Waals surface area contributed by atoms with Crippen LogP contribution in [-0.2, 0) is 0 Å². The van der Waals surface area contributed by atoms with Crippen molar-refractivity contribution in [1.29, 1.82) is 0 Å². The summed E-state index contributed by atoms with van der Waals surface area (Å²) in [5.74, 6) is -1.81. The van der Waals surface area contributed by atoms with E-state index in [0.717, 1.165) is 12.1 Å². The van der Waals surface area contributed by atoms with Gasteiger partial charge in [-0.1, -0.05) is 6.07 Å². The van der Waals surface area contributed by atoms with E-state index in [1.807, 2.05) is 0 Å². The van der Waals surface area contributed by atoms with Gasteiger partial charge in [-0.2, -0.15) is 0 Å². The topological polar surface area (TPSA) is 89.3 Å². The Balaban J connectivity index is 3.21. The third-order valence-corrected chi connectivity index (χ3v) is 1.90. The Bertz CT molecular complexity index is 355. The maximum atomic E-state index is 12.7. The molecular weight excluding hydrogens is 187 g/mol. The van der Waals surface area contributed by atoms with Crippen LogP contribution in [0, 0.1) is 5.82 Å². The third-order valence-electron chi connectivity index (χ3n) is 1.90. The zero-order valence-corrected chi connectivity index (χ0v) is 7.40. The van der Waals surface area contributed by atoms with Gasteiger partial charge in [0, 0.05) is 12.6 Å². The summed E-state index contributed by atoms with van der Waals surface area (Å²) in [6.07, 6.45) is 0. The van der Waals surface area contributed by atoms with Gasteiger partial charge in [-0.3, -0.25) is 0 Å². The summed E-state index contributed by atoms with van der Waals surface area (Å²) in [5, 5.41) is 8.77. The highest BCUT2D eigenvalue weighted by Crippen LogP contribution is 2.16. The Morgan fingerprint density at radius 2 is 2.21 bits per heavy atom. The van der Waals surface area contributed by atoms with E-state index in [1.54, 1.807) is 0 Å². The molecule has 0 heterocycles. The van der Waals surface area contributed by atoms with Gasteiger partial charge in [0.25, 0.3) is 0 Å². The van der Waals surface area contributed by atoms with Crippen LogP contribution >= 0.6 is 0 Å². The fraction of sp³-hybridized carbons (Fsp3) is 0.222. The minimum absolute atomic E-state index is 0.117. The Morgan fingerprint density at radius 1 is 1.57 bits per heavy atom. The van der Waals surface area contributed by atoms with Crippen LogP contribution in [0.1, 0.15) is 22.0 Å². The van der Waals surface area contributed by atoms with Gasteiger partial charge >= 0.3 is 5.97 Å². The van der Waals surface area contributed by atoms with E-state index in [0.29, 0.717) is 5.56 Å². The molecule has 1 rings (SSSR count). The van der Waals surface area contributed by atoms with Crippen molar-refractivity contribution in [3.8, 4) is 0 Å². The minimum Gasteiger partial charge on any atom is -0.478 e. The molecule has 0 saturated heterocycles. The molecule has 0 aliphatic carbocycles. The van der Waals surface area contributed by atoms with E-state index in [4.69, 9.17) is 16.6 Å². The van der Waals surface area contributed by atoms with Crippen LogP contribution in [0.15, 0.2) is 18.2 Å². The van der Waals surface area contributed by atoms with Crippen LogP contribution in [0.5, 0.6) is 0 Å². The van der Waals surface area contributed by atoms with Crippen molar-refractivity contribution in [3.05, 3.63) is 35.1 Å². The highest BCUT2D eigenvalue weighted by atomic mass is 19.1. The van der Waals surface area contributed by atoms with Crippen LogP contribution < -0.4 is 11.5 Å². The monoisotopic (exact) mass is 198 g/mol. The van der Waals surface area contributed by atoms with Crippen LogP contribution in [0.25, 0.3) is 0 Å². The van der Waals surface area contributed by atoms with E-state index in [-0.39, 0.29) is 12.1 Å². The highest BCUT2D eigenvalue weighted by molar-refractivity contribution is 5.89. The molecule has 0 spiro atoms. The molecule has 0 aromatic heterocycles. The number of halogens is 1. The molecule has 0 unspecified atom stereocenters. The normalized spacial score (nSPS) is 12.5. The molecule has 1 aromatic carbocycles. The summed E-state index contributed by atoms with van der Waals surface area (Å²) in [7, 11) is 0. The van der Waals surface area contributed by atoms with Gasteiger partial charge in [-0.05, 0) is 17.7 Å². The van der Waals surface area contributed by atoms with E-state index in [9.17, 15) is 9.18 Å². The lowest BCUT2D eigenvalue weighted by atomic mass is 10.0. The molecule has 1 atom stereocenters. The number of nitrogens with two attached hydrogens (primary N) is 2. The number of carboxylic acid groups (broad SMARTS) is 1. The van der Waals surface area contributed by atoms with E-state index < -0.39 is 17.8 Å². The average Bonchev–Trinajstić information content (AvgIpc) is 2.16. The lowest BCUT2D eigenvalue weighted by Gasteiger charge is -2.11. The second kappa shape index (κ2) is 4.17. The van der Waals surface area contributed by atoms with Crippen molar-refractivity contribution >= 4 is 5.97 Å². The summed E-state index contributed by atoms with van der Waals surface area (Å²) < 4.78 is 12.7. The van der Waals surface area contributed by atoms with E-state index in [2.05, 4.69) is 0 Å². The highest BCUT2D eigenvalue weighted by Gasteiger charge is 2.15. The van der Waals surface area contributed by atoms with Gasteiger partial charge in [0.1, 0.15) is 5.82 Å². The molecule has 5 N–H and O–H groups in total. The Labute approximate surface area is 80.3 Å². The summed E-state index contributed by atoms with van der Waals surface area (Å²) >= 11 is 0. The SMILES string of the molecule is NC[C@H](N)c1ccc(F)cc1C(=O)O. The predicted molar refractivity (Wildman–Crippen MR) is 49.3 cm³/mol. The largest absolute Gasteiger partial charge is 0.478 e. The fourth-order valence-electron chi connectivity index (χ4n) is 1.16. The molecule has 0 aliphatic heterocycles. The zero-order chi connectivity index (χ0) is 10.7. The molecule has 5 heteroatoms. The smallest absolute Gasteiger partial charge is 0.336 e. The number of hydrogen-bond donors (Lipinski definition) is 3. The molecule has 0 radical (unpaired) electrons. The molecule has 0 saturated carbocycles. The predicted octanol–water partition coefficient (Wildman–Crippen LogP) is 0.482. The van der Waals surface area contributed by atoms with Crippen molar-refractivity contribution in [2.75, 3.05) is 6.54 Å². The number of rotatable bonds is 3. The van der Waals surface area contributed by atoms with Crippen molar-refractivity contribution < 1.29 is 14.3 Å². The van der Waals surface area contributed by atoms with Crippen molar-refractivity contribution in [1.82, 2.24) is 0 Å². The second-order valence-electron chi connectivity index (χ2n) is 2.88. The standard InChI is InChI=1S/C9H11FN2O2/c10-5-1-2-6(8(12)4-11)7(3-5)9(13)14/h1-3,8H,4,11-12H2,(H,13,14)/t8-/m0/s1. The van der Waals surface area contributed by atoms with Crippen LogP contribution in [0.2, 0.25) is 0 Å². The molecule has 4 nitrogen and oxygen atoms in total. The quantitative estimate of drug-likeness (QED) is 0.659. The van der Waals surface area contributed by atoms with Gasteiger partial charge in [-0.25, -0.2) is 9.18 Å². The first-order chi connectivity index (χ1) is 6.56. The lowest BCUT2D eigenvalue weighted by molar-refractivity contribution is 0.0694. The van der Waals surface area contributed by atoms with Crippen molar-refractivity contribution in [2.45, 2.75) is 6.04 Å². The van der Waals surface area contributed by atoms with Gasteiger partial charge in [0.2, 0.25) is 0 Å². The van der Waals surface area contributed by atoms with Crippen LogP contribution in [-0.4, -0.2) is 17.6 Å². The Kier molecular flexibility index (Phi) is 3.16. The maximum Gasteiger partial charge on any atom is 0.336 e. The number of benzene rings is 1. The molecule has 0 aliphatic rings. The first-order valence-corrected chi connectivity index (χ1v) is 4.04. The average molecular weight is 198 g/mol. The van der Waals surface area contributed by atoms with E-state index >= 15 is 0 Å². The van der Waals surface area contributed by atoms with Gasteiger partial charge in [0.15, 0.2) is 0 Å². The van der Waals surface area contributed by atoms with E-state index in [1.165, 1.54) is 6.07 Å². The van der Waals surface area contributed by atoms with Gasteiger partial charge in [-0.15, -0.1) is 0 Å². The lowest BCUT2D eigenvalue weighted by Crippen LogP contribution is -2.23. The number of carbonyl (C=O) groups is 1. The first-order valence-electron chi connectivity index (χ1n) is 4.04. The number of carboxylic acids is 1. The maximum absolute atomic E-state index is 12.7. The summed E-state index contributed by atoms with van der Waals surface area (Å²) in [4.78, 5) is 10.7. The van der Waals surface area contributed by atoms with Crippen molar-refractivity contribution in [2.24, 2.45) is 11.5 Å². The zero-order valence-electron chi connectivity index (χ0n) is 7.40. The number of hydrogen-bond acceptors (Lipinski definition) is 3. The summed E-state index contributed by atoms with van der Waals surface area (Å²) in [5.41, 5.74) is 11.1. The molecule has 0 bridgehead atoms. The van der Waals surface area contributed by atoms with Crippen molar-refractivity contribution in [3.63, 3.8) is 0 Å². The molecule has 0 fully saturated rings. The fourth-order valence-corrected chi connectivity index (χ4v) is 1.16.